The molecule has 3 aromatic carbocycles. The van der Waals surface area contributed by atoms with Crippen LogP contribution in [0.15, 0.2) is 72.8 Å². The molecule has 0 saturated carbocycles. The zero-order valence-corrected chi connectivity index (χ0v) is 18.5. The van der Waals surface area contributed by atoms with E-state index in [1.54, 1.807) is 48.4 Å². The average Bonchev–Trinajstić information content (AvgIpc) is 2.81. The fraction of sp³-hybridized carbons (Fsp3) is 0.167. The van der Waals surface area contributed by atoms with E-state index >= 15 is 0 Å². The molecule has 7 heteroatoms. The number of methoxy groups -OCH3 is 1. The molecule has 3 aromatic rings. The number of carbonyl (C=O) groups is 2. The third-order valence-electron chi connectivity index (χ3n) is 4.68. The van der Waals surface area contributed by atoms with Crippen molar-refractivity contribution in [3.05, 3.63) is 94.0 Å². The van der Waals surface area contributed by atoms with E-state index < -0.39 is 0 Å². The van der Waals surface area contributed by atoms with Crippen molar-refractivity contribution in [2.24, 2.45) is 0 Å². The number of nitrogens with one attached hydrogen (secondary N) is 1. The fourth-order valence-corrected chi connectivity index (χ4v) is 3.32. The smallest absolute Gasteiger partial charge is 0.258 e. The van der Waals surface area contributed by atoms with Gasteiger partial charge in [0.2, 0.25) is 0 Å². The van der Waals surface area contributed by atoms with E-state index in [1.807, 2.05) is 30.3 Å². The van der Waals surface area contributed by atoms with E-state index in [4.69, 9.17) is 27.9 Å². The summed E-state index contributed by atoms with van der Waals surface area (Å²) < 4.78 is 5.17. The van der Waals surface area contributed by atoms with Crippen molar-refractivity contribution in [3.8, 4) is 5.75 Å². The van der Waals surface area contributed by atoms with Gasteiger partial charge in [-0.2, -0.15) is 0 Å². The van der Waals surface area contributed by atoms with Crippen molar-refractivity contribution in [2.75, 3.05) is 25.1 Å². The molecule has 31 heavy (non-hydrogen) atoms. The van der Waals surface area contributed by atoms with Crippen molar-refractivity contribution in [1.29, 1.82) is 0 Å². The van der Waals surface area contributed by atoms with Crippen LogP contribution >= 0.6 is 23.2 Å². The second-order valence-corrected chi connectivity index (χ2v) is 7.57. The monoisotopic (exact) mass is 456 g/mol. The highest BCUT2D eigenvalue weighted by Gasteiger charge is 2.17. The molecule has 0 aliphatic rings. The minimum atomic E-state index is -0.244. The molecular formula is C24H22Cl2N2O3. The number of amides is 2. The van der Waals surface area contributed by atoms with E-state index in [1.165, 1.54) is 6.07 Å². The lowest BCUT2D eigenvalue weighted by atomic mass is 10.1. The molecule has 0 saturated heterocycles. The molecule has 0 heterocycles. The Hall–Kier alpha value is -3.02. The number of para-hydroxylation sites is 1. The van der Waals surface area contributed by atoms with Gasteiger partial charge in [-0.1, -0.05) is 41.4 Å². The Bertz CT molecular complexity index is 1040. The Morgan fingerprint density at radius 3 is 2.23 bits per heavy atom. The minimum Gasteiger partial charge on any atom is -0.497 e. The van der Waals surface area contributed by atoms with Gasteiger partial charge in [0.1, 0.15) is 5.75 Å². The molecule has 0 bridgehead atoms. The van der Waals surface area contributed by atoms with Crippen LogP contribution in [0.25, 0.3) is 0 Å². The Morgan fingerprint density at radius 1 is 0.903 bits per heavy atom. The molecule has 0 radical (unpaired) electrons. The van der Waals surface area contributed by atoms with Gasteiger partial charge >= 0.3 is 0 Å². The van der Waals surface area contributed by atoms with Crippen molar-refractivity contribution >= 4 is 40.7 Å². The van der Waals surface area contributed by atoms with Gasteiger partial charge in [0.15, 0.2) is 0 Å². The van der Waals surface area contributed by atoms with Crippen molar-refractivity contribution < 1.29 is 14.3 Å². The number of ether oxygens (including phenoxy) is 1. The third kappa shape index (κ3) is 6.00. The number of benzene rings is 3. The van der Waals surface area contributed by atoms with Crippen LogP contribution in [0.3, 0.4) is 0 Å². The van der Waals surface area contributed by atoms with Crippen LogP contribution in [0.4, 0.5) is 5.69 Å². The van der Waals surface area contributed by atoms with E-state index in [-0.39, 0.29) is 11.8 Å². The summed E-state index contributed by atoms with van der Waals surface area (Å²) in [5.74, 6) is 0.323. The predicted octanol–water partition coefficient (Wildman–Crippen LogP) is 5.47. The summed E-state index contributed by atoms with van der Waals surface area (Å²) in [6, 6.07) is 21.2. The van der Waals surface area contributed by atoms with Crippen LogP contribution in [-0.2, 0) is 0 Å². The lowest BCUT2D eigenvalue weighted by Crippen LogP contribution is -2.34. The first-order valence-electron chi connectivity index (χ1n) is 9.74. The van der Waals surface area contributed by atoms with Crippen molar-refractivity contribution in [2.45, 2.75) is 6.42 Å². The highest BCUT2D eigenvalue weighted by atomic mass is 35.5. The number of carbonyl (C=O) groups excluding carboxylic acids is 2. The summed E-state index contributed by atoms with van der Waals surface area (Å²) in [4.78, 5) is 27.2. The predicted molar refractivity (Wildman–Crippen MR) is 125 cm³/mol. The Kier molecular flexibility index (Phi) is 7.93. The largest absolute Gasteiger partial charge is 0.497 e. The van der Waals surface area contributed by atoms with Gasteiger partial charge < -0.3 is 15.0 Å². The van der Waals surface area contributed by atoms with E-state index in [9.17, 15) is 9.59 Å². The quantitative estimate of drug-likeness (QED) is 0.457. The topological polar surface area (TPSA) is 58.6 Å². The summed E-state index contributed by atoms with van der Waals surface area (Å²) in [5.41, 5.74) is 1.78. The van der Waals surface area contributed by atoms with Crippen LogP contribution in [0.5, 0.6) is 5.75 Å². The van der Waals surface area contributed by atoms with Crippen LogP contribution < -0.4 is 15.0 Å². The minimum absolute atomic E-state index is 0.121. The molecule has 1 N–H and O–H groups in total. The first-order chi connectivity index (χ1) is 15.0. The molecule has 5 nitrogen and oxygen atoms in total. The number of hydrogen-bond acceptors (Lipinski definition) is 3. The summed E-state index contributed by atoms with van der Waals surface area (Å²) in [7, 11) is 1.58. The molecule has 0 atom stereocenters. The molecule has 0 aromatic heterocycles. The number of nitrogens with zero attached hydrogens (tertiary/aromatic N) is 1. The highest BCUT2D eigenvalue weighted by Crippen LogP contribution is 2.22. The van der Waals surface area contributed by atoms with Crippen LogP contribution in [0, 0.1) is 0 Å². The number of halogens is 2. The molecule has 0 fully saturated rings. The molecule has 160 valence electrons. The Labute approximate surface area is 191 Å². The maximum absolute atomic E-state index is 13.1. The molecule has 3 rings (SSSR count). The van der Waals surface area contributed by atoms with Crippen LogP contribution in [-0.4, -0.2) is 32.0 Å². The summed E-state index contributed by atoms with van der Waals surface area (Å²) in [6.07, 6.45) is 0.573. The summed E-state index contributed by atoms with van der Waals surface area (Å²) in [5, 5.41) is 3.58. The fourth-order valence-electron chi connectivity index (χ4n) is 3.02. The first kappa shape index (κ1) is 22.7. The zero-order chi connectivity index (χ0) is 22.2. The van der Waals surface area contributed by atoms with E-state index in [0.717, 1.165) is 5.69 Å². The molecule has 0 aliphatic carbocycles. The van der Waals surface area contributed by atoms with Crippen molar-refractivity contribution in [1.82, 2.24) is 5.32 Å². The standard InChI is InChI=1S/C24H22Cl2N2O3/c1-31-20-11-8-17(9-12-20)24(30)28(19-6-3-2-4-7-19)15-5-14-27-23(29)18-10-13-21(25)22(26)16-18/h2-4,6-13,16H,5,14-15H2,1H3,(H,27,29). The van der Waals surface area contributed by atoms with Gasteiger partial charge in [-0.25, -0.2) is 0 Å². The number of anilines is 1. The number of hydrogen-bond donors (Lipinski definition) is 1. The first-order valence-corrected chi connectivity index (χ1v) is 10.5. The molecule has 2 amide bonds. The van der Waals surface area contributed by atoms with E-state index in [2.05, 4.69) is 5.32 Å². The molecule has 0 spiro atoms. The summed E-state index contributed by atoms with van der Waals surface area (Å²) in [6.45, 7) is 0.842. The third-order valence-corrected chi connectivity index (χ3v) is 5.41. The second-order valence-electron chi connectivity index (χ2n) is 6.76. The van der Waals surface area contributed by atoms with E-state index in [0.29, 0.717) is 46.4 Å². The van der Waals surface area contributed by atoms with Gasteiger partial charge in [0.25, 0.3) is 11.8 Å². The zero-order valence-electron chi connectivity index (χ0n) is 17.0. The highest BCUT2D eigenvalue weighted by molar-refractivity contribution is 6.42. The average molecular weight is 457 g/mol. The SMILES string of the molecule is COc1ccc(C(=O)N(CCCNC(=O)c2ccc(Cl)c(Cl)c2)c2ccccc2)cc1. The molecule has 0 unspecified atom stereocenters. The van der Waals surface area contributed by atoms with Crippen LogP contribution in [0.2, 0.25) is 10.0 Å². The maximum Gasteiger partial charge on any atom is 0.258 e. The Balaban J connectivity index is 1.64. The van der Waals surface area contributed by atoms with Crippen molar-refractivity contribution in [3.63, 3.8) is 0 Å². The van der Waals surface area contributed by atoms with Gasteiger partial charge in [0, 0.05) is 29.9 Å². The molecule has 0 aliphatic heterocycles. The maximum atomic E-state index is 13.1. The number of rotatable bonds is 8. The van der Waals surface area contributed by atoms with Gasteiger partial charge in [-0.15, -0.1) is 0 Å². The molecular weight excluding hydrogens is 435 g/mol. The normalized spacial score (nSPS) is 10.4. The van der Waals surface area contributed by atoms with Crippen LogP contribution in [0.1, 0.15) is 27.1 Å². The van der Waals surface area contributed by atoms with Gasteiger partial charge in [0.05, 0.1) is 17.2 Å². The second kappa shape index (κ2) is 10.8. The van der Waals surface area contributed by atoms with Gasteiger partial charge in [-0.3, -0.25) is 9.59 Å². The lowest BCUT2D eigenvalue weighted by molar-refractivity contribution is 0.0953. The Morgan fingerprint density at radius 2 is 1.58 bits per heavy atom. The lowest BCUT2D eigenvalue weighted by Gasteiger charge is -2.23. The van der Waals surface area contributed by atoms with Gasteiger partial charge in [-0.05, 0) is 61.0 Å². The summed E-state index contributed by atoms with van der Waals surface area (Å²) >= 11 is 11.9.